The number of fused-ring (bicyclic) bond motifs is 5. The van der Waals surface area contributed by atoms with Crippen molar-refractivity contribution in [1.29, 1.82) is 0 Å². The van der Waals surface area contributed by atoms with Gasteiger partial charge in [0.05, 0.1) is 9.65 Å². The largest absolute Gasteiger partial charge is 0.297 e. The monoisotopic (exact) mass is 556 g/mol. The zero-order valence-electron chi connectivity index (χ0n) is 20.8. The lowest BCUT2D eigenvalue weighted by Crippen LogP contribution is -2.62. The summed E-state index contributed by atoms with van der Waals surface area (Å²) in [4.78, 5) is 12.9. The van der Waals surface area contributed by atoms with Crippen molar-refractivity contribution in [1.82, 2.24) is 0 Å². The van der Waals surface area contributed by atoms with Gasteiger partial charge in [-0.2, -0.15) is 0 Å². The van der Waals surface area contributed by atoms with E-state index < -0.39 is 0 Å². The number of alkyl halides is 2. The molecule has 0 amide bonds. The minimum atomic E-state index is 0.0162. The van der Waals surface area contributed by atoms with Crippen LogP contribution in [0.25, 0.3) is 0 Å². The van der Waals surface area contributed by atoms with Crippen LogP contribution in [-0.4, -0.2) is 15.4 Å². The maximum absolute atomic E-state index is 12.9. The fraction of sp³-hybridized carbons (Fsp3) is 0.964. The second kappa shape index (κ2) is 9.01. The van der Waals surface area contributed by atoms with Crippen LogP contribution >= 0.6 is 31.9 Å². The van der Waals surface area contributed by atoms with Crippen LogP contribution in [0.4, 0.5) is 0 Å². The Labute approximate surface area is 208 Å². The molecule has 4 aliphatic carbocycles. The Morgan fingerprint density at radius 2 is 1.58 bits per heavy atom. The van der Waals surface area contributed by atoms with Gasteiger partial charge >= 0.3 is 0 Å². The van der Waals surface area contributed by atoms with E-state index in [4.69, 9.17) is 0 Å². The van der Waals surface area contributed by atoms with E-state index in [9.17, 15) is 4.79 Å². The lowest BCUT2D eigenvalue weighted by Gasteiger charge is -2.64. The van der Waals surface area contributed by atoms with Gasteiger partial charge in [0.1, 0.15) is 0 Å². The summed E-state index contributed by atoms with van der Waals surface area (Å²) < 4.78 is 0. The van der Waals surface area contributed by atoms with Gasteiger partial charge in [0, 0.05) is 0 Å². The van der Waals surface area contributed by atoms with Crippen molar-refractivity contribution in [2.45, 2.75) is 109 Å². The van der Waals surface area contributed by atoms with E-state index in [1.165, 1.54) is 57.8 Å². The quantitative estimate of drug-likeness (QED) is 0.309. The van der Waals surface area contributed by atoms with Crippen molar-refractivity contribution in [3.63, 3.8) is 0 Å². The number of ketones is 1. The smallest absolute Gasteiger partial charge is 0.160 e. The summed E-state index contributed by atoms with van der Waals surface area (Å²) in [6.45, 7) is 14.9. The van der Waals surface area contributed by atoms with E-state index in [-0.39, 0.29) is 15.1 Å². The molecule has 0 N–H and O–H groups in total. The van der Waals surface area contributed by atoms with Crippen molar-refractivity contribution in [3.8, 4) is 0 Å². The van der Waals surface area contributed by atoms with E-state index in [0.717, 1.165) is 35.5 Å². The van der Waals surface area contributed by atoms with Crippen LogP contribution in [-0.2, 0) is 4.79 Å². The van der Waals surface area contributed by atoms with Crippen molar-refractivity contribution < 1.29 is 4.79 Å². The van der Waals surface area contributed by atoms with E-state index in [2.05, 4.69) is 73.4 Å². The molecule has 3 heteroatoms. The van der Waals surface area contributed by atoms with Gasteiger partial charge in [-0.1, -0.05) is 92.7 Å². The highest BCUT2D eigenvalue weighted by atomic mass is 79.9. The number of hydrogen-bond acceptors (Lipinski definition) is 1. The number of hydrogen-bond donors (Lipinski definition) is 0. The average molecular weight is 558 g/mol. The fourth-order valence-electron chi connectivity index (χ4n) is 9.49. The predicted molar refractivity (Wildman–Crippen MR) is 139 cm³/mol. The van der Waals surface area contributed by atoms with Gasteiger partial charge < -0.3 is 0 Å². The second-order valence-electron chi connectivity index (χ2n) is 13.0. The number of Topliss-reactive ketones (excluding diaryl/α,β-unsaturated/α-hetero) is 1. The van der Waals surface area contributed by atoms with Crippen molar-refractivity contribution in [3.05, 3.63) is 0 Å². The van der Waals surface area contributed by atoms with E-state index in [1.54, 1.807) is 0 Å². The highest BCUT2D eigenvalue weighted by Crippen LogP contribution is 2.69. The summed E-state index contributed by atoms with van der Waals surface area (Å²) >= 11 is 7.69. The molecule has 0 aromatic carbocycles. The number of halogens is 2. The van der Waals surface area contributed by atoms with Crippen molar-refractivity contribution in [2.75, 3.05) is 0 Å². The predicted octanol–water partition coefficient (Wildman–Crippen LogP) is 8.67. The minimum Gasteiger partial charge on any atom is -0.297 e. The van der Waals surface area contributed by atoms with Gasteiger partial charge in [-0.25, -0.2) is 0 Å². The Morgan fingerprint density at radius 1 is 0.903 bits per heavy atom. The first-order valence-corrected chi connectivity index (χ1v) is 15.2. The summed E-state index contributed by atoms with van der Waals surface area (Å²) in [5.41, 5.74) is 0.832. The van der Waals surface area contributed by atoms with Crippen molar-refractivity contribution >= 4 is 37.6 Å². The van der Waals surface area contributed by atoms with Crippen LogP contribution in [0.3, 0.4) is 0 Å². The van der Waals surface area contributed by atoms with Crippen LogP contribution in [0.15, 0.2) is 0 Å². The van der Waals surface area contributed by atoms with Gasteiger partial charge in [-0.15, -0.1) is 0 Å². The molecule has 0 aromatic heterocycles. The normalized spacial score (nSPS) is 50.7. The lowest BCUT2D eigenvalue weighted by molar-refractivity contribution is -0.148. The SMILES string of the molecule is CC(C)CCC[C@@H](C)[C@H]1CC[C@H]2[C@@H]3CC[C@@H]4C(Br)C(=O)[C@@H](Br)[C@@H](C)[C@]4(C)[C@H]3CC[C@]12C. The molecule has 0 aliphatic heterocycles. The van der Waals surface area contributed by atoms with Gasteiger partial charge in [0.15, 0.2) is 5.78 Å². The Kier molecular flexibility index (Phi) is 7.19. The summed E-state index contributed by atoms with van der Waals surface area (Å²) in [6, 6.07) is 0. The summed E-state index contributed by atoms with van der Waals surface area (Å²) in [5.74, 6) is 6.57. The topological polar surface area (TPSA) is 17.1 Å². The Morgan fingerprint density at radius 3 is 2.26 bits per heavy atom. The van der Waals surface area contributed by atoms with E-state index in [0.29, 0.717) is 23.0 Å². The minimum absolute atomic E-state index is 0.0162. The molecule has 4 aliphatic rings. The second-order valence-corrected chi connectivity index (χ2v) is 14.9. The summed E-state index contributed by atoms with van der Waals surface area (Å²) in [7, 11) is 0. The molecular formula is C28H46Br2O. The molecule has 178 valence electrons. The zero-order valence-corrected chi connectivity index (χ0v) is 24.0. The molecule has 0 aromatic rings. The van der Waals surface area contributed by atoms with Crippen LogP contribution < -0.4 is 0 Å². The Balaban J connectivity index is 1.54. The molecule has 0 heterocycles. The fourth-order valence-corrected chi connectivity index (χ4v) is 11.8. The zero-order chi connectivity index (χ0) is 22.7. The molecule has 0 saturated heterocycles. The van der Waals surface area contributed by atoms with Crippen LogP contribution in [0.2, 0.25) is 0 Å². The highest BCUT2D eigenvalue weighted by molar-refractivity contribution is 9.10. The summed E-state index contributed by atoms with van der Waals surface area (Å²) in [5, 5.41) is 0. The first kappa shape index (κ1) is 24.7. The third-order valence-electron chi connectivity index (χ3n) is 11.4. The maximum atomic E-state index is 12.9. The summed E-state index contributed by atoms with van der Waals surface area (Å²) in [6.07, 6.45) is 12.5. The number of carbonyl (C=O) groups excluding carboxylic acids is 1. The van der Waals surface area contributed by atoms with Crippen molar-refractivity contribution in [2.24, 2.45) is 58.2 Å². The molecule has 11 atom stereocenters. The van der Waals surface area contributed by atoms with Gasteiger partial charge in [0.2, 0.25) is 0 Å². The van der Waals surface area contributed by atoms with Gasteiger partial charge in [-0.05, 0) is 96.7 Å². The molecule has 0 radical (unpaired) electrons. The van der Waals surface area contributed by atoms with E-state index in [1.807, 2.05) is 0 Å². The molecule has 4 saturated carbocycles. The molecule has 1 nitrogen and oxygen atoms in total. The van der Waals surface area contributed by atoms with Gasteiger partial charge in [0.25, 0.3) is 0 Å². The molecule has 31 heavy (non-hydrogen) atoms. The standard InChI is InChI=1S/C28H46Br2O/c1-16(2)8-7-9-17(3)20-12-13-21-19-10-11-23-25(30)26(31)24(29)18(4)28(23,6)22(19)14-15-27(20,21)5/h16-25H,7-15H2,1-6H3/t17-,18-,19+,20-,21+,22+,23-,24+,25?,27-,28-/m1/s1. The molecule has 4 rings (SSSR count). The van der Waals surface area contributed by atoms with Crippen LogP contribution in [0.1, 0.15) is 99.3 Å². The molecule has 0 spiro atoms. The van der Waals surface area contributed by atoms with E-state index >= 15 is 0 Å². The van der Waals surface area contributed by atoms with Gasteiger partial charge in [-0.3, -0.25) is 4.79 Å². The maximum Gasteiger partial charge on any atom is 0.160 e. The Bertz CT molecular complexity index is 676. The number of rotatable bonds is 5. The molecule has 0 bridgehead atoms. The molecule has 4 fully saturated rings. The third-order valence-corrected chi connectivity index (χ3v) is 13.7. The third kappa shape index (κ3) is 3.86. The van der Waals surface area contributed by atoms with Crippen LogP contribution in [0, 0.1) is 58.2 Å². The molecule has 1 unspecified atom stereocenters. The first-order valence-electron chi connectivity index (χ1n) is 13.3. The average Bonchev–Trinajstić information content (AvgIpc) is 3.08. The van der Waals surface area contributed by atoms with Crippen LogP contribution in [0.5, 0.6) is 0 Å². The number of carbonyl (C=O) groups is 1. The highest BCUT2D eigenvalue weighted by Gasteiger charge is 2.64. The first-order chi connectivity index (χ1) is 14.5. The Hall–Kier alpha value is 0.630. The molecular weight excluding hydrogens is 512 g/mol. The lowest BCUT2D eigenvalue weighted by atomic mass is 9.42.